The number of nitrogens with zero attached hydrogens (tertiary/aromatic N) is 4. The van der Waals surface area contributed by atoms with Crippen LogP contribution < -0.4 is 5.32 Å². The zero-order valence-corrected chi connectivity index (χ0v) is 16.9. The number of hydrogen-bond acceptors (Lipinski definition) is 4. The van der Waals surface area contributed by atoms with Crippen LogP contribution in [-0.4, -0.2) is 19.5 Å². The maximum absolute atomic E-state index is 14.6. The smallest absolute Gasteiger partial charge is 0.225 e. The van der Waals surface area contributed by atoms with E-state index in [9.17, 15) is 4.39 Å². The molecule has 0 aliphatic carbocycles. The fraction of sp³-hybridized carbons (Fsp3) is 0.0800. The quantitative estimate of drug-likeness (QED) is 0.399. The number of nitrogens with one attached hydrogen (secondary N) is 1. The lowest BCUT2D eigenvalue weighted by atomic mass is 10.1. The summed E-state index contributed by atoms with van der Waals surface area (Å²) in [5, 5.41) is 3.36. The van der Waals surface area contributed by atoms with Crippen molar-refractivity contribution in [3.63, 3.8) is 0 Å². The molecule has 152 valence electrons. The molecular weight excluding hydrogens is 389 g/mol. The monoisotopic (exact) mass is 409 g/mol. The predicted octanol–water partition coefficient (Wildman–Crippen LogP) is 5.79. The van der Waals surface area contributed by atoms with Gasteiger partial charge in [-0.1, -0.05) is 54.6 Å². The van der Waals surface area contributed by atoms with Crippen molar-refractivity contribution >= 4 is 17.0 Å². The summed E-state index contributed by atoms with van der Waals surface area (Å²) in [5.74, 6) is 0.708. The lowest BCUT2D eigenvalue weighted by Gasteiger charge is -2.16. The highest BCUT2D eigenvalue weighted by atomic mass is 19.1. The fourth-order valence-electron chi connectivity index (χ4n) is 3.59. The largest absolute Gasteiger partial charge is 0.348 e. The van der Waals surface area contributed by atoms with Crippen LogP contribution in [0.1, 0.15) is 18.5 Å². The molecule has 6 heteroatoms. The second-order valence-electron chi connectivity index (χ2n) is 7.29. The van der Waals surface area contributed by atoms with E-state index in [0.29, 0.717) is 23.0 Å². The van der Waals surface area contributed by atoms with E-state index in [4.69, 9.17) is 4.98 Å². The molecule has 1 N–H and O–H groups in total. The van der Waals surface area contributed by atoms with Gasteiger partial charge in [0.2, 0.25) is 5.95 Å². The first-order valence-corrected chi connectivity index (χ1v) is 10.1. The van der Waals surface area contributed by atoms with Crippen LogP contribution >= 0.6 is 0 Å². The van der Waals surface area contributed by atoms with E-state index >= 15 is 0 Å². The first-order chi connectivity index (χ1) is 15.2. The molecule has 0 fully saturated rings. The van der Waals surface area contributed by atoms with Gasteiger partial charge in [0.05, 0.1) is 22.8 Å². The van der Waals surface area contributed by atoms with Crippen LogP contribution in [0.5, 0.6) is 0 Å². The summed E-state index contributed by atoms with van der Waals surface area (Å²) < 4.78 is 16.5. The Morgan fingerprint density at radius 2 is 1.61 bits per heavy atom. The summed E-state index contributed by atoms with van der Waals surface area (Å²) >= 11 is 0. The van der Waals surface area contributed by atoms with E-state index in [0.717, 1.165) is 16.6 Å². The Morgan fingerprint density at radius 3 is 2.45 bits per heavy atom. The molecule has 0 saturated heterocycles. The van der Waals surface area contributed by atoms with E-state index in [1.807, 2.05) is 66.1 Å². The number of fused-ring (bicyclic) bond motifs is 1. The van der Waals surface area contributed by atoms with E-state index < -0.39 is 0 Å². The van der Waals surface area contributed by atoms with Crippen LogP contribution in [0.15, 0.2) is 91.3 Å². The minimum Gasteiger partial charge on any atom is -0.348 e. The Hall–Kier alpha value is -4.06. The van der Waals surface area contributed by atoms with Gasteiger partial charge in [-0.3, -0.25) is 4.57 Å². The van der Waals surface area contributed by atoms with Crippen molar-refractivity contribution in [2.24, 2.45) is 0 Å². The molecule has 0 amide bonds. The third kappa shape index (κ3) is 3.75. The average Bonchev–Trinajstić information content (AvgIpc) is 3.24. The van der Waals surface area contributed by atoms with Crippen molar-refractivity contribution < 1.29 is 4.39 Å². The minimum atomic E-state index is -0.329. The van der Waals surface area contributed by atoms with Gasteiger partial charge in [0, 0.05) is 11.6 Å². The van der Waals surface area contributed by atoms with Crippen molar-refractivity contribution in [2.45, 2.75) is 13.0 Å². The van der Waals surface area contributed by atoms with E-state index in [1.165, 1.54) is 6.07 Å². The zero-order chi connectivity index (χ0) is 21.2. The van der Waals surface area contributed by atoms with Crippen molar-refractivity contribution in [3.8, 4) is 17.1 Å². The lowest BCUT2D eigenvalue weighted by molar-refractivity contribution is 0.630. The second kappa shape index (κ2) is 7.99. The van der Waals surface area contributed by atoms with E-state index in [1.54, 1.807) is 30.6 Å². The van der Waals surface area contributed by atoms with Crippen LogP contribution in [0.2, 0.25) is 0 Å². The molecular formula is C25H20FN5. The molecule has 0 bridgehead atoms. The van der Waals surface area contributed by atoms with Gasteiger partial charge in [-0.2, -0.15) is 4.98 Å². The summed E-state index contributed by atoms with van der Waals surface area (Å²) in [5.41, 5.74) is 3.81. The van der Waals surface area contributed by atoms with Gasteiger partial charge in [0.25, 0.3) is 0 Å². The number of rotatable bonds is 5. The molecule has 0 aliphatic heterocycles. The molecule has 3 aromatic carbocycles. The molecule has 31 heavy (non-hydrogen) atoms. The van der Waals surface area contributed by atoms with E-state index in [2.05, 4.69) is 15.3 Å². The Morgan fingerprint density at radius 1 is 0.871 bits per heavy atom. The maximum atomic E-state index is 14.6. The van der Waals surface area contributed by atoms with Crippen molar-refractivity contribution in [2.75, 3.05) is 5.32 Å². The molecule has 0 spiro atoms. The van der Waals surface area contributed by atoms with Gasteiger partial charge in [0.15, 0.2) is 0 Å². The number of anilines is 1. The molecule has 5 rings (SSSR count). The number of benzene rings is 3. The molecule has 2 aromatic heterocycles. The lowest BCUT2D eigenvalue weighted by Crippen LogP contribution is -2.11. The normalized spacial score (nSPS) is 12.1. The van der Waals surface area contributed by atoms with E-state index in [-0.39, 0.29) is 11.9 Å². The van der Waals surface area contributed by atoms with Crippen LogP contribution in [0.3, 0.4) is 0 Å². The summed E-state index contributed by atoms with van der Waals surface area (Å²) in [6.07, 6.45) is 1.72. The van der Waals surface area contributed by atoms with Gasteiger partial charge >= 0.3 is 0 Å². The SMILES string of the molecule is CC(Nc1nc(-c2ccccc2F)cc(-n2cnc3ccccc32)n1)c1ccccc1. The fourth-order valence-corrected chi connectivity index (χ4v) is 3.59. The van der Waals surface area contributed by atoms with Crippen LogP contribution in [0.4, 0.5) is 10.3 Å². The number of para-hydroxylation sites is 2. The molecule has 5 nitrogen and oxygen atoms in total. The Balaban J connectivity index is 1.63. The molecule has 0 aliphatic rings. The maximum Gasteiger partial charge on any atom is 0.225 e. The topological polar surface area (TPSA) is 55.6 Å². The highest BCUT2D eigenvalue weighted by molar-refractivity contribution is 5.77. The number of aromatic nitrogens is 4. The summed E-state index contributed by atoms with van der Waals surface area (Å²) in [7, 11) is 0. The number of imidazole rings is 1. The molecule has 0 saturated carbocycles. The van der Waals surface area contributed by atoms with Crippen LogP contribution in [0, 0.1) is 5.82 Å². The van der Waals surface area contributed by atoms with Crippen LogP contribution in [0.25, 0.3) is 28.1 Å². The Bertz CT molecular complexity index is 1350. The average molecular weight is 409 g/mol. The van der Waals surface area contributed by atoms with Gasteiger partial charge in [-0.05, 0) is 36.8 Å². The van der Waals surface area contributed by atoms with Crippen molar-refractivity contribution in [1.82, 2.24) is 19.5 Å². The predicted molar refractivity (Wildman–Crippen MR) is 121 cm³/mol. The van der Waals surface area contributed by atoms with Crippen molar-refractivity contribution in [3.05, 3.63) is 103 Å². The summed E-state index contributed by atoms with van der Waals surface area (Å²) in [4.78, 5) is 13.8. The second-order valence-corrected chi connectivity index (χ2v) is 7.29. The first-order valence-electron chi connectivity index (χ1n) is 10.1. The zero-order valence-electron chi connectivity index (χ0n) is 16.9. The molecule has 5 aromatic rings. The van der Waals surface area contributed by atoms with Gasteiger partial charge < -0.3 is 5.32 Å². The first kappa shape index (κ1) is 18.9. The number of halogens is 1. The molecule has 1 atom stereocenters. The molecule has 0 radical (unpaired) electrons. The van der Waals surface area contributed by atoms with Crippen molar-refractivity contribution in [1.29, 1.82) is 0 Å². The van der Waals surface area contributed by atoms with Crippen LogP contribution in [-0.2, 0) is 0 Å². The third-order valence-electron chi connectivity index (χ3n) is 5.21. The molecule has 2 heterocycles. The van der Waals surface area contributed by atoms with Gasteiger partial charge in [0.1, 0.15) is 18.0 Å². The minimum absolute atomic E-state index is 0.0237. The molecule has 1 unspecified atom stereocenters. The highest BCUT2D eigenvalue weighted by Crippen LogP contribution is 2.27. The number of hydrogen-bond donors (Lipinski definition) is 1. The van der Waals surface area contributed by atoms with Gasteiger partial charge in [-0.15, -0.1) is 0 Å². The van der Waals surface area contributed by atoms with Gasteiger partial charge in [-0.25, -0.2) is 14.4 Å². The Kier molecular flexibility index (Phi) is 4.88. The summed E-state index contributed by atoms with van der Waals surface area (Å²) in [6.45, 7) is 2.04. The summed E-state index contributed by atoms with van der Waals surface area (Å²) in [6, 6.07) is 26.3. The third-order valence-corrected chi connectivity index (χ3v) is 5.21. The Labute approximate surface area is 179 Å². The highest BCUT2D eigenvalue weighted by Gasteiger charge is 2.15. The standard InChI is InChI=1S/C25H20FN5/c1-17(18-9-3-2-4-10-18)28-25-29-22(19-11-5-6-12-20(19)26)15-24(30-25)31-16-27-21-13-7-8-14-23(21)31/h2-17H,1H3,(H,28,29,30).